The number of benzene rings is 1. The molecule has 1 aliphatic heterocycles. The normalized spacial score (nSPS) is 19.4. The van der Waals surface area contributed by atoms with E-state index in [1.54, 1.807) is 11.8 Å². The lowest BCUT2D eigenvalue weighted by atomic mass is 10.1. The van der Waals surface area contributed by atoms with Crippen molar-refractivity contribution in [1.82, 2.24) is 15.2 Å². The van der Waals surface area contributed by atoms with Gasteiger partial charge in [0.1, 0.15) is 0 Å². The van der Waals surface area contributed by atoms with Crippen molar-refractivity contribution in [1.29, 1.82) is 0 Å². The van der Waals surface area contributed by atoms with Gasteiger partial charge < -0.3 is 10.3 Å². The third-order valence-electron chi connectivity index (χ3n) is 4.13. The van der Waals surface area contributed by atoms with E-state index >= 15 is 0 Å². The number of pyridine rings is 1. The summed E-state index contributed by atoms with van der Waals surface area (Å²) in [6.45, 7) is 3.75. The van der Waals surface area contributed by atoms with Crippen molar-refractivity contribution in [3.63, 3.8) is 0 Å². The third kappa shape index (κ3) is 2.89. The number of rotatable bonds is 3. The maximum atomic E-state index is 12.3. The van der Waals surface area contributed by atoms with Crippen LogP contribution in [0.15, 0.2) is 34.0 Å². The second-order valence-corrected chi connectivity index (χ2v) is 6.39. The number of amides is 1. The predicted octanol–water partition coefficient (Wildman–Crippen LogP) is 1.57. The highest BCUT2D eigenvalue weighted by Gasteiger charge is 2.25. The molecular formula is C16H19N3O2S. The molecule has 0 bridgehead atoms. The number of piperazine rings is 1. The Balaban J connectivity index is 1.92. The molecule has 2 aromatic rings. The molecule has 2 N–H and O–H groups in total. The van der Waals surface area contributed by atoms with Crippen molar-refractivity contribution in [2.75, 3.05) is 19.3 Å². The fourth-order valence-electron chi connectivity index (χ4n) is 2.73. The van der Waals surface area contributed by atoms with Gasteiger partial charge in [-0.05, 0) is 36.8 Å². The SMILES string of the molecule is CSc1ccc2cc(CN3CCNC(=O)[C@@H]3C)c(=O)[nH]c2c1. The van der Waals surface area contributed by atoms with Gasteiger partial charge in [0.25, 0.3) is 5.56 Å². The van der Waals surface area contributed by atoms with E-state index < -0.39 is 0 Å². The first-order chi connectivity index (χ1) is 10.6. The van der Waals surface area contributed by atoms with E-state index in [9.17, 15) is 9.59 Å². The quantitative estimate of drug-likeness (QED) is 0.844. The molecule has 1 amide bonds. The number of fused-ring (bicyclic) bond motifs is 1. The zero-order valence-electron chi connectivity index (χ0n) is 12.7. The minimum absolute atomic E-state index is 0.0214. The molecule has 0 aliphatic carbocycles. The predicted molar refractivity (Wildman–Crippen MR) is 89.2 cm³/mol. The Kier molecular flexibility index (Phi) is 4.22. The highest BCUT2D eigenvalue weighted by molar-refractivity contribution is 7.98. The molecule has 0 spiro atoms. The number of carbonyl (C=O) groups is 1. The Labute approximate surface area is 133 Å². The number of nitrogens with zero attached hydrogens (tertiary/aromatic N) is 1. The fraction of sp³-hybridized carbons (Fsp3) is 0.375. The lowest BCUT2D eigenvalue weighted by Gasteiger charge is -2.32. The fourth-order valence-corrected chi connectivity index (χ4v) is 3.17. The second kappa shape index (κ2) is 6.14. The van der Waals surface area contributed by atoms with Crippen LogP contribution in [0.25, 0.3) is 10.9 Å². The zero-order valence-corrected chi connectivity index (χ0v) is 13.5. The van der Waals surface area contributed by atoms with Crippen molar-refractivity contribution < 1.29 is 4.79 Å². The summed E-state index contributed by atoms with van der Waals surface area (Å²) in [4.78, 5) is 30.1. The van der Waals surface area contributed by atoms with Crippen LogP contribution in [0.2, 0.25) is 0 Å². The van der Waals surface area contributed by atoms with Gasteiger partial charge in [-0.3, -0.25) is 14.5 Å². The highest BCUT2D eigenvalue weighted by Crippen LogP contribution is 2.20. The topological polar surface area (TPSA) is 65.2 Å². The van der Waals surface area contributed by atoms with Crippen molar-refractivity contribution in [3.8, 4) is 0 Å². The van der Waals surface area contributed by atoms with Gasteiger partial charge >= 0.3 is 0 Å². The average molecular weight is 317 g/mol. The van der Waals surface area contributed by atoms with Gasteiger partial charge in [0.2, 0.25) is 5.91 Å². The molecular weight excluding hydrogens is 298 g/mol. The summed E-state index contributed by atoms with van der Waals surface area (Å²) < 4.78 is 0. The van der Waals surface area contributed by atoms with Crippen LogP contribution >= 0.6 is 11.8 Å². The van der Waals surface area contributed by atoms with Crippen molar-refractivity contribution in [3.05, 3.63) is 40.2 Å². The minimum Gasteiger partial charge on any atom is -0.353 e. The van der Waals surface area contributed by atoms with E-state index in [2.05, 4.69) is 10.3 Å². The van der Waals surface area contributed by atoms with E-state index in [0.29, 0.717) is 18.7 Å². The van der Waals surface area contributed by atoms with Gasteiger partial charge in [-0.2, -0.15) is 0 Å². The maximum Gasteiger partial charge on any atom is 0.252 e. The first-order valence-electron chi connectivity index (χ1n) is 7.30. The Morgan fingerprint density at radius 1 is 1.32 bits per heavy atom. The van der Waals surface area contributed by atoms with Crippen LogP contribution in [0.5, 0.6) is 0 Å². The summed E-state index contributed by atoms with van der Waals surface area (Å²) in [7, 11) is 0. The van der Waals surface area contributed by atoms with Gasteiger partial charge in [-0.15, -0.1) is 11.8 Å². The summed E-state index contributed by atoms with van der Waals surface area (Å²) in [6, 6.07) is 7.78. The van der Waals surface area contributed by atoms with Crippen molar-refractivity contribution in [2.24, 2.45) is 0 Å². The number of aromatic nitrogens is 1. The van der Waals surface area contributed by atoms with Crippen LogP contribution in [0, 0.1) is 0 Å². The molecule has 1 atom stereocenters. The molecule has 1 aromatic carbocycles. The van der Waals surface area contributed by atoms with E-state index in [0.717, 1.165) is 22.3 Å². The van der Waals surface area contributed by atoms with Crippen molar-refractivity contribution >= 4 is 28.6 Å². The van der Waals surface area contributed by atoms with Gasteiger partial charge in [-0.25, -0.2) is 0 Å². The summed E-state index contributed by atoms with van der Waals surface area (Å²) >= 11 is 1.65. The number of hydrogen-bond donors (Lipinski definition) is 2. The summed E-state index contributed by atoms with van der Waals surface area (Å²) in [6.07, 6.45) is 2.01. The molecule has 5 nitrogen and oxygen atoms in total. The smallest absolute Gasteiger partial charge is 0.252 e. The molecule has 1 aromatic heterocycles. The molecule has 1 fully saturated rings. The molecule has 116 valence electrons. The largest absolute Gasteiger partial charge is 0.353 e. The zero-order chi connectivity index (χ0) is 15.7. The lowest BCUT2D eigenvalue weighted by molar-refractivity contribution is -0.128. The van der Waals surface area contributed by atoms with Crippen LogP contribution in [-0.2, 0) is 11.3 Å². The summed E-state index contributed by atoms with van der Waals surface area (Å²) in [5, 5.41) is 3.85. The van der Waals surface area contributed by atoms with Crippen molar-refractivity contribution in [2.45, 2.75) is 24.4 Å². The lowest BCUT2D eigenvalue weighted by Crippen LogP contribution is -2.53. The molecule has 2 heterocycles. The number of hydrogen-bond acceptors (Lipinski definition) is 4. The average Bonchev–Trinajstić information content (AvgIpc) is 2.52. The summed E-state index contributed by atoms with van der Waals surface area (Å²) in [5.41, 5.74) is 1.47. The number of carbonyl (C=O) groups excluding carboxylic acids is 1. The van der Waals surface area contributed by atoms with Crippen LogP contribution in [0.1, 0.15) is 12.5 Å². The monoisotopic (exact) mass is 317 g/mol. The maximum absolute atomic E-state index is 12.3. The standard InChI is InChI=1S/C16H19N3O2S/c1-10-15(20)17-5-6-19(10)9-12-7-11-3-4-13(22-2)8-14(11)18-16(12)21/h3-4,7-8,10H,5-6,9H2,1-2H3,(H,17,20)(H,18,21)/t10-/m0/s1. The molecule has 1 saturated heterocycles. The first kappa shape index (κ1) is 15.1. The Morgan fingerprint density at radius 3 is 2.91 bits per heavy atom. The van der Waals surface area contributed by atoms with Crippen LogP contribution < -0.4 is 10.9 Å². The molecule has 22 heavy (non-hydrogen) atoms. The van der Waals surface area contributed by atoms with Crippen LogP contribution in [-0.4, -0.2) is 41.2 Å². The van der Waals surface area contributed by atoms with Gasteiger partial charge in [0.05, 0.1) is 6.04 Å². The molecule has 1 aliphatic rings. The van der Waals surface area contributed by atoms with E-state index in [-0.39, 0.29) is 17.5 Å². The highest BCUT2D eigenvalue weighted by atomic mass is 32.2. The van der Waals surface area contributed by atoms with Crippen LogP contribution in [0.3, 0.4) is 0 Å². The van der Waals surface area contributed by atoms with E-state index in [4.69, 9.17) is 0 Å². The molecule has 6 heteroatoms. The van der Waals surface area contributed by atoms with E-state index in [1.807, 2.05) is 42.3 Å². The summed E-state index contributed by atoms with van der Waals surface area (Å²) in [5.74, 6) is 0.0214. The Bertz CT molecular complexity index is 772. The Hall–Kier alpha value is -1.79. The van der Waals surface area contributed by atoms with Crippen LogP contribution in [0.4, 0.5) is 0 Å². The third-order valence-corrected chi connectivity index (χ3v) is 4.85. The first-order valence-corrected chi connectivity index (χ1v) is 8.52. The van der Waals surface area contributed by atoms with Gasteiger partial charge in [0.15, 0.2) is 0 Å². The van der Waals surface area contributed by atoms with E-state index in [1.165, 1.54) is 0 Å². The molecule has 0 radical (unpaired) electrons. The second-order valence-electron chi connectivity index (χ2n) is 5.51. The molecule has 0 saturated carbocycles. The number of nitrogens with one attached hydrogen (secondary N) is 2. The number of H-pyrrole nitrogens is 1. The molecule has 0 unspecified atom stereocenters. The van der Waals surface area contributed by atoms with Gasteiger partial charge in [-0.1, -0.05) is 6.07 Å². The molecule has 3 rings (SSSR count). The number of aromatic amines is 1. The number of thioether (sulfide) groups is 1. The minimum atomic E-state index is -0.206. The van der Waals surface area contributed by atoms with Gasteiger partial charge in [0, 0.05) is 35.6 Å². The Morgan fingerprint density at radius 2 is 2.14 bits per heavy atom.